The van der Waals surface area contributed by atoms with Crippen LogP contribution in [0.15, 0.2) is 41.1 Å². The molecule has 0 spiro atoms. The van der Waals surface area contributed by atoms with Crippen molar-refractivity contribution >= 4 is 21.8 Å². The molecule has 1 aromatic carbocycles. The summed E-state index contributed by atoms with van der Waals surface area (Å²) in [7, 11) is 0. The lowest BCUT2D eigenvalue weighted by Crippen LogP contribution is -2.46. The average Bonchev–Trinajstić information content (AvgIpc) is 2.90. The van der Waals surface area contributed by atoms with Crippen molar-refractivity contribution in [3.63, 3.8) is 0 Å². The van der Waals surface area contributed by atoms with Crippen molar-refractivity contribution in [2.75, 3.05) is 6.54 Å². The van der Waals surface area contributed by atoms with Crippen molar-refractivity contribution in [1.29, 1.82) is 0 Å². The third-order valence-corrected chi connectivity index (χ3v) is 4.75. The number of aromatic nitrogens is 2. The Labute approximate surface area is 132 Å². The number of nitrogens with zero attached hydrogens (tertiary/aromatic N) is 1. The second-order valence-corrected chi connectivity index (χ2v) is 6.55. The van der Waals surface area contributed by atoms with E-state index in [0.717, 1.165) is 17.3 Å². The van der Waals surface area contributed by atoms with E-state index in [9.17, 15) is 4.79 Å². The van der Waals surface area contributed by atoms with Crippen molar-refractivity contribution in [3.05, 3.63) is 52.5 Å². The lowest BCUT2D eigenvalue weighted by molar-refractivity contribution is -0.121. The molecular weight excluding hydrogens is 330 g/mol. The third kappa shape index (κ3) is 3.18. The first kappa shape index (κ1) is 14.3. The fraction of sp³-hybridized carbons (Fsp3) is 0.375. The van der Waals surface area contributed by atoms with Crippen LogP contribution in [0.4, 0.5) is 0 Å². The first-order chi connectivity index (χ1) is 10.2. The van der Waals surface area contributed by atoms with Crippen LogP contribution in [0, 0.1) is 0 Å². The van der Waals surface area contributed by atoms with Crippen LogP contribution >= 0.6 is 15.9 Å². The number of benzene rings is 1. The lowest BCUT2D eigenvalue weighted by atomic mass is 9.64. The molecule has 1 aliphatic carbocycles. The molecule has 4 nitrogen and oxygen atoms in total. The number of aromatic amines is 1. The molecule has 2 N–H and O–H groups in total. The van der Waals surface area contributed by atoms with E-state index in [4.69, 9.17) is 0 Å². The summed E-state index contributed by atoms with van der Waals surface area (Å²) in [5, 5.41) is 3.07. The van der Waals surface area contributed by atoms with E-state index in [1.807, 2.05) is 6.07 Å². The van der Waals surface area contributed by atoms with E-state index in [0.29, 0.717) is 18.8 Å². The van der Waals surface area contributed by atoms with Crippen LogP contribution in [0.25, 0.3) is 0 Å². The van der Waals surface area contributed by atoms with Gasteiger partial charge in [0.1, 0.15) is 5.82 Å². The summed E-state index contributed by atoms with van der Waals surface area (Å²) in [4.78, 5) is 19.1. The van der Waals surface area contributed by atoms with Crippen LogP contribution < -0.4 is 5.32 Å². The van der Waals surface area contributed by atoms with Crippen molar-refractivity contribution < 1.29 is 4.79 Å². The Balaban J connectivity index is 1.63. The molecule has 1 fully saturated rings. The number of rotatable bonds is 5. The fourth-order valence-corrected chi connectivity index (χ4v) is 3.27. The molecule has 0 aliphatic heterocycles. The molecule has 5 heteroatoms. The zero-order valence-electron chi connectivity index (χ0n) is 11.7. The van der Waals surface area contributed by atoms with Gasteiger partial charge >= 0.3 is 0 Å². The van der Waals surface area contributed by atoms with Crippen molar-refractivity contribution in [1.82, 2.24) is 15.3 Å². The number of halogens is 1. The van der Waals surface area contributed by atoms with Crippen LogP contribution in [0.5, 0.6) is 0 Å². The van der Waals surface area contributed by atoms with Crippen LogP contribution in [0.3, 0.4) is 0 Å². The topological polar surface area (TPSA) is 57.8 Å². The van der Waals surface area contributed by atoms with Gasteiger partial charge in [0.15, 0.2) is 0 Å². The van der Waals surface area contributed by atoms with Gasteiger partial charge in [-0.15, -0.1) is 0 Å². The summed E-state index contributed by atoms with van der Waals surface area (Å²) in [6.45, 7) is 0.697. The Morgan fingerprint density at radius 1 is 1.43 bits per heavy atom. The van der Waals surface area contributed by atoms with Gasteiger partial charge in [-0.05, 0) is 30.5 Å². The maximum Gasteiger partial charge on any atom is 0.227 e. The molecule has 21 heavy (non-hydrogen) atoms. The quantitative estimate of drug-likeness (QED) is 0.873. The smallest absolute Gasteiger partial charge is 0.227 e. The van der Waals surface area contributed by atoms with Gasteiger partial charge in [0.05, 0.1) is 6.42 Å². The summed E-state index contributed by atoms with van der Waals surface area (Å²) in [5.74, 6) is 0.726. The second-order valence-electron chi connectivity index (χ2n) is 5.63. The largest absolute Gasteiger partial charge is 0.355 e. The first-order valence-corrected chi connectivity index (χ1v) is 7.98. The van der Waals surface area contributed by atoms with Crippen LogP contribution in [-0.2, 0) is 16.6 Å². The number of hydrogen-bond acceptors (Lipinski definition) is 2. The van der Waals surface area contributed by atoms with Crippen molar-refractivity contribution in [2.45, 2.75) is 31.1 Å². The van der Waals surface area contributed by atoms with E-state index >= 15 is 0 Å². The van der Waals surface area contributed by atoms with Gasteiger partial charge in [0.2, 0.25) is 5.91 Å². The van der Waals surface area contributed by atoms with E-state index in [1.54, 1.807) is 12.4 Å². The van der Waals surface area contributed by atoms with Gasteiger partial charge in [-0.2, -0.15) is 0 Å². The Hall–Kier alpha value is -1.62. The summed E-state index contributed by atoms with van der Waals surface area (Å²) >= 11 is 3.53. The molecule has 1 aromatic heterocycles. The monoisotopic (exact) mass is 347 g/mol. The second kappa shape index (κ2) is 6.02. The van der Waals surface area contributed by atoms with Gasteiger partial charge in [0, 0.05) is 28.8 Å². The SMILES string of the molecule is O=C(Cc1ncc[nH]1)NCC1(c2cccc(Br)c2)CCC1. The van der Waals surface area contributed by atoms with Gasteiger partial charge in [-0.3, -0.25) is 4.79 Å². The maximum absolute atomic E-state index is 12.0. The third-order valence-electron chi connectivity index (χ3n) is 4.25. The predicted octanol–water partition coefficient (Wildman–Crippen LogP) is 2.95. The average molecular weight is 348 g/mol. The Kier molecular flexibility index (Phi) is 4.10. The molecule has 1 amide bonds. The van der Waals surface area contributed by atoms with E-state index in [2.05, 4.69) is 49.4 Å². The number of imidazole rings is 1. The Morgan fingerprint density at radius 3 is 2.90 bits per heavy atom. The molecule has 110 valence electrons. The van der Waals surface area contributed by atoms with Crippen molar-refractivity contribution in [3.8, 4) is 0 Å². The molecule has 0 bridgehead atoms. The zero-order valence-corrected chi connectivity index (χ0v) is 13.3. The maximum atomic E-state index is 12.0. The fourth-order valence-electron chi connectivity index (χ4n) is 2.87. The highest BCUT2D eigenvalue weighted by Gasteiger charge is 2.38. The van der Waals surface area contributed by atoms with E-state index in [-0.39, 0.29) is 11.3 Å². The Bertz CT molecular complexity index is 620. The minimum atomic E-state index is 0.0196. The molecule has 1 saturated carbocycles. The highest BCUT2D eigenvalue weighted by Crippen LogP contribution is 2.43. The van der Waals surface area contributed by atoms with Crippen LogP contribution in [0.2, 0.25) is 0 Å². The van der Waals surface area contributed by atoms with Gasteiger partial charge < -0.3 is 10.3 Å². The normalized spacial score (nSPS) is 16.2. The summed E-state index contributed by atoms with van der Waals surface area (Å²) < 4.78 is 1.09. The molecule has 0 unspecified atom stereocenters. The number of hydrogen-bond donors (Lipinski definition) is 2. The number of carbonyl (C=O) groups excluding carboxylic acids is 1. The first-order valence-electron chi connectivity index (χ1n) is 7.19. The Morgan fingerprint density at radius 2 is 2.29 bits per heavy atom. The molecule has 1 heterocycles. The van der Waals surface area contributed by atoms with Gasteiger partial charge in [-0.1, -0.05) is 34.5 Å². The summed E-state index contributed by atoms with van der Waals surface area (Å²) in [6.07, 6.45) is 7.19. The van der Waals surface area contributed by atoms with E-state index in [1.165, 1.54) is 12.0 Å². The van der Waals surface area contributed by atoms with Crippen LogP contribution in [0.1, 0.15) is 30.7 Å². The van der Waals surface area contributed by atoms with Crippen molar-refractivity contribution in [2.24, 2.45) is 0 Å². The minimum Gasteiger partial charge on any atom is -0.355 e. The van der Waals surface area contributed by atoms with E-state index < -0.39 is 0 Å². The molecule has 1 aliphatic rings. The standard InChI is InChI=1S/C16H18BrN3O/c17-13-4-1-3-12(9-13)16(5-2-6-16)11-20-15(21)10-14-18-7-8-19-14/h1,3-4,7-9H,2,5-6,10-11H2,(H,18,19)(H,20,21). The van der Waals surface area contributed by atoms with Gasteiger partial charge in [0.25, 0.3) is 0 Å². The highest BCUT2D eigenvalue weighted by molar-refractivity contribution is 9.10. The number of nitrogens with one attached hydrogen (secondary N) is 2. The molecule has 2 aromatic rings. The number of amides is 1. The van der Waals surface area contributed by atoms with Gasteiger partial charge in [-0.25, -0.2) is 4.98 Å². The summed E-state index contributed by atoms with van der Waals surface area (Å²) in [6, 6.07) is 8.41. The molecular formula is C16H18BrN3O. The molecule has 0 atom stereocenters. The molecule has 3 rings (SSSR count). The zero-order chi connectivity index (χ0) is 14.7. The number of carbonyl (C=O) groups is 1. The summed E-state index contributed by atoms with van der Waals surface area (Å²) in [5.41, 5.74) is 1.41. The van der Waals surface area contributed by atoms with Crippen LogP contribution in [-0.4, -0.2) is 22.4 Å². The number of H-pyrrole nitrogens is 1. The lowest BCUT2D eigenvalue weighted by Gasteiger charge is -2.42. The highest BCUT2D eigenvalue weighted by atomic mass is 79.9. The predicted molar refractivity (Wildman–Crippen MR) is 85.0 cm³/mol. The molecule has 0 saturated heterocycles. The minimum absolute atomic E-state index is 0.0196. The molecule has 0 radical (unpaired) electrons.